The predicted molar refractivity (Wildman–Crippen MR) is 121 cm³/mol. The van der Waals surface area contributed by atoms with E-state index in [1.165, 1.54) is 0 Å². The zero-order valence-electron chi connectivity index (χ0n) is 16.5. The van der Waals surface area contributed by atoms with E-state index < -0.39 is 0 Å². The van der Waals surface area contributed by atoms with E-state index in [4.69, 9.17) is 21.1 Å². The number of benzene rings is 3. The summed E-state index contributed by atoms with van der Waals surface area (Å²) < 4.78 is 11.6. The Labute approximate surface area is 181 Å². The van der Waals surface area contributed by atoms with Crippen LogP contribution in [0.2, 0.25) is 5.02 Å². The molecule has 4 rings (SSSR count). The minimum atomic E-state index is 0.629. The summed E-state index contributed by atoms with van der Waals surface area (Å²) >= 11 is 5.99. The quantitative estimate of drug-likeness (QED) is 0.329. The summed E-state index contributed by atoms with van der Waals surface area (Å²) in [5.41, 5.74) is 3.16. The summed E-state index contributed by atoms with van der Waals surface area (Å²) in [4.78, 5) is 6.46. The number of methoxy groups -OCH3 is 1. The van der Waals surface area contributed by atoms with Crippen LogP contribution in [0, 0.1) is 0 Å². The molecule has 0 saturated carbocycles. The third kappa shape index (κ3) is 4.73. The second-order valence-electron chi connectivity index (χ2n) is 6.67. The maximum absolute atomic E-state index is 6.11. The molecule has 0 radical (unpaired) electrons. The normalized spacial score (nSPS) is 10.5. The van der Waals surface area contributed by atoms with Crippen molar-refractivity contribution < 1.29 is 9.47 Å². The van der Waals surface area contributed by atoms with Crippen molar-refractivity contribution in [2.24, 2.45) is 0 Å². The first-order valence-electron chi connectivity index (χ1n) is 9.56. The highest BCUT2D eigenvalue weighted by Crippen LogP contribution is 2.38. The molecule has 0 amide bonds. The summed E-state index contributed by atoms with van der Waals surface area (Å²) in [7, 11) is 1.63. The zero-order chi connectivity index (χ0) is 20.8. The molecule has 0 saturated heterocycles. The maximum atomic E-state index is 6.11. The molecule has 0 atom stereocenters. The predicted octanol–water partition coefficient (Wildman–Crippen LogP) is 6.87. The molecule has 5 heteroatoms. The molecule has 1 heterocycles. The van der Waals surface area contributed by atoms with Gasteiger partial charge in [0.2, 0.25) is 0 Å². The van der Waals surface area contributed by atoms with Crippen molar-refractivity contribution in [3.8, 4) is 17.2 Å². The number of hydrogen-bond acceptors (Lipinski definition) is 4. The van der Waals surface area contributed by atoms with Gasteiger partial charge in [0.25, 0.3) is 0 Å². The number of ether oxygens (including phenoxy) is 2. The second kappa shape index (κ2) is 9.33. The fraction of sp³-hybridized carbons (Fsp3) is 0.0800. The summed E-state index contributed by atoms with van der Waals surface area (Å²) in [6.07, 6.45) is 3.66. The Balaban J connectivity index is 1.72. The van der Waals surface area contributed by atoms with Crippen LogP contribution in [0.25, 0.3) is 0 Å². The molecule has 0 aliphatic carbocycles. The number of aromatic nitrogens is 1. The van der Waals surface area contributed by atoms with E-state index >= 15 is 0 Å². The van der Waals surface area contributed by atoms with Crippen molar-refractivity contribution in [2.45, 2.75) is 6.54 Å². The maximum Gasteiger partial charge on any atom is 0.171 e. The topological polar surface area (TPSA) is 34.6 Å². The van der Waals surface area contributed by atoms with Crippen molar-refractivity contribution in [3.63, 3.8) is 0 Å². The number of nitrogens with zero attached hydrogens (tertiary/aromatic N) is 2. The van der Waals surface area contributed by atoms with Crippen molar-refractivity contribution in [2.75, 3.05) is 12.0 Å². The smallest absolute Gasteiger partial charge is 0.171 e. The highest BCUT2D eigenvalue weighted by Gasteiger charge is 2.14. The average Bonchev–Trinajstić information content (AvgIpc) is 2.80. The molecule has 150 valence electrons. The van der Waals surface area contributed by atoms with Crippen LogP contribution in [-0.4, -0.2) is 12.1 Å². The number of hydrogen-bond donors (Lipinski definition) is 0. The largest absolute Gasteiger partial charge is 0.493 e. The van der Waals surface area contributed by atoms with Crippen molar-refractivity contribution in [1.29, 1.82) is 0 Å². The number of anilines is 2. The molecule has 3 aromatic carbocycles. The molecule has 0 aliphatic rings. The van der Waals surface area contributed by atoms with Crippen molar-refractivity contribution in [1.82, 2.24) is 4.98 Å². The van der Waals surface area contributed by atoms with E-state index in [1.54, 1.807) is 25.4 Å². The van der Waals surface area contributed by atoms with E-state index in [2.05, 4.69) is 28.1 Å². The van der Waals surface area contributed by atoms with Gasteiger partial charge in [-0.3, -0.25) is 4.98 Å². The zero-order valence-corrected chi connectivity index (χ0v) is 17.3. The fourth-order valence-electron chi connectivity index (χ4n) is 3.16. The third-order valence-electron chi connectivity index (χ3n) is 4.63. The Bertz CT molecular complexity index is 1090. The molecule has 30 heavy (non-hydrogen) atoms. The van der Waals surface area contributed by atoms with E-state index in [0.717, 1.165) is 16.9 Å². The number of rotatable bonds is 7. The molecular formula is C25H21ClN2O2. The van der Waals surface area contributed by atoms with Crippen LogP contribution < -0.4 is 14.4 Å². The molecule has 4 aromatic rings. The van der Waals surface area contributed by atoms with Crippen LogP contribution in [0.1, 0.15) is 5.56 Å². The van der Waals surface area contributed by atoms with E-state index in [9.17, 15) is 0 Å². The lowest BCUT2D eigenvalue weighted by Gasteiger charge is -2.26. The lowest BCUT2D eigenvalue weighted by molar-refractivity contribution is 0.379. The molecule has 0 fully saturated rings. The van der Waals surface area contributed by atoms with Crippen LogP contribution in [0.15, 0.2) is 97.3 Å². The first-order chi connectivity index (χ1) is 14.7. The van der Waals surface area contributed by atoms with Gasteiger partial charge in [0.1, 0.15) is 5.75 Å². The molecule has 1 aromatic heterocycles. The lowest BCUT2D eigenvalue weighted by atomic mass is 10.2. The van der Waals surface area contributed by atoms with Crippen molar-refractivity contribution >= 4 is 23.0 Å². The first kappa shape index (κ1) is 19.8. The van der Waals surface area contributed by atoms with Crippen LogP contribution in [0.3, 0.4) is 0 Å². The van der Waals surface area contributed by atoms with Crippen molar-refractivity contribution in [3.05, 3.63) is 108 Å². The van der Waals surface area contributed by atoms with Gasteiger partial charge in [-0.1, -0.05) is 35.9 Å². The SMILES string of the molecule is COc1ccc(N(Cc2cccnc2)c2ccccc2)cc1Oc1ccc(Cl)cc1. The number of halogens is 1. The third-order valence-corrected chi connectivity index (χ3v) is 4.88. The highest BCUT2D eigenvalue weighted by molar-refractivity contribution is 6.30. The second-order valence-corrected chi connectivity index (χ2v) is 7.11. The Morgan fingerprint density at radius 3 is 2.33 bits per heavy atom. The molecular weight excluding hydrogens is 396 g/mol. The van der Waals surface area contributed by atoms with Crippen LogP contribution >= 0.6 is 11.6 Å². The van der Waals surface area contributed by atoms with E-state index in [1.807, 2.05) is 60.8 Å². The van der Waals surface area contributed by atoms with Gasteiger partial charge in [-0.25, -0.2) is 0 Å². The molecule has 0 bridgehead atoms. The van der Waals surface area contributed by atoms with Gasteiger partial charge in [-0.05, 0) is 60.2 Å². The van der Waals surface area contributed by atoms with E-state index in [-0.39, 0.29) is 0 Å². The number of pyridine rings is 1. The van der Waals surface area contributed by atoms with Gasteiger partial charge in [0.05, 0.1) is 7.11 Å². The van der Waals surface area contributed by atoms with Crippen LogP contribution in [-0.2, 0) is 6.54 Å². The van der Waals surface area contributed by atoms with Gasteiger partial charge in [0.15, 0.2) is 11.5 Å². The minimum Gasteiger partial charge on any atom is -0.493 e. The highest BCUT2D eigenvalue weighted by atomic mass is 35.5. The monoisotopic (exact) mass is 416 g/mol. The van der Waals surface area contributed by atoms with Crippen LogP contribution in [0.5, 0.6) is 17.2 Å². The average molecular weight is 417 g/mol. The van der Waals surface area contributed by atoms with Gasteiger partial charge >= 0.3 is 0 Å². The minimum absolute atomic E-state index is 0.629. The lowest BCUT2D eigenvalue weighted by Crippen LogP contribution is -2.16. The number of para-hydroxylation sites is 1. The molecule has 4 nitrogen and oxygen atoms in total. The summed E-state index contributed by atoms with van der Waals surface area (Å²) in [5, 5.41) is 0.662. The van der Waals surface area contributed by atoms with Gasteiger partial charge in [0, 0.05) is 41.4 Å². The first-order valence-corrected chi connectivity index (χ1v) is 9.94. The molecule has 0 aliphatic heterocycles. The molecule has 0 spiro atoms. The van der Waals surface area contributed by atoms with E-state index in [0.29, 0.717) is 28.8 Å². The standard InChI is InChI=1S/C25H21ClN2O2/c1-29-24-14-11-22(16-25(24)30-23-12-9-20(26)10-13-23)28(21-7-3-2-4-8-21)18-19-6-5-15-27-17-19/h2-17H,18H2,1H3. The Hall–Kier alpha value is -3.50. The summed E-state index contributed by atoms with van der Waals surface area (Å²) in [6.45, 7) is 0.671. The molecule has 0 N–H and O–H groups in total. The Morgan fingerprint density at radius 2 is 1.63 bits per heavy atom. The fourth-order valence-corrected chi connectivity index (χ4v) is 3.28. The Morgan fingerprint density at radius 1 is 0.833 bits per heavy atom. The summed E-state index contributed by atoms with van der Waals surface area (Å²) in [6, 6.07) is 27.4. The summed E-state index contributed by atoms with van der Waals surface area (Å²) in [5.74, 6) is 1.97. The van der Waals surface area contributed by atoms with Gasteiger partial charge in [-0.2, -0.15) is 0 Å². The van der Waals surface area contributed by atoms with Gasteiger partial charge < -0.3 is 14.4 Å². The molecule has 0 unspecified atom stereocenters. The Kier molecular flexibility index (Phi) is 6.16. The van der Waals surface area contributed by atoms with Crippen LogP contribution in [0.4, 0.5) is 11.4 Å². The van der Waals surface area contributed by atoms with Gasteiger partial charge in [-0.15, -0.1) is 0 Å².